The third-order valence-corrected chi connectivity index (χ3v) is 3.96. The standard InChI is InChI=1S/C13H18N2/c1-14-8-10-3-4-12-11(7-10)13(9-15-12)5-2-6-13/h3-4,7,14-15H,2,5-6,8-9H2,1H3. The largest absolute Gasteiger partial charge is 0.384 e. The van der Waals surface area contributed by atoms with Crippen LogP contribution in [0.2, 0.25) is 0 Å². The minimum absolute atomic E-state index is 0.499. The fraction of sp³-hybridized carbons (Fsp3) is 0.538. The van der Waals surface area contributed by atoms with Crippen LogP contribution >= 0.6 is 0 Å². The van der Waals surface area contributed by atoms with Crippen LogP contribution in [-0.4, -0.2) is 13.6 Å². The Morgan fingerprint density at radius 2 is 2.27 bits per heavy atom. The molecule has 1 aromatic rings. The lowest BCUT2D eigenvalue weighted by molar-refractivity contribution is 0.272. The van der Waals surface area contributed by atoms with Crippen molar-refractivity contribution < 1.29 is 0 Å². The fourth-order valence-electron chi connectivity index (χ4n) is 2.91. The van der Waals surface area contributed by atoms with E-state index < -0.39 is 0 Å². The van der Waals surface area contributed by atoms with E-state index in [9.17, 15) is 0 Å². The first-order valence-electron chi connectivity index (χ1n) is 5.86. The molecule has 0 bridgehead atoms. The minimum atomic E-state index is 0.499. The lowest BCUT2D eigenvalue weighted by atomic mass is 9.65. The molecule has 0 saturated heterocycles. The summed E-state index contributed by atoms with van der Waals surface area (Å²) in [4.78, 5) is 0. The quantitative estimate of drug-likeness (QED) is 0.768. The number of fused-ring (bicyclic) bond motifs is 2. The summed E-state index contributed by atoms with van der Waals surface area (Å²) in [6, 6.07) is 6.86. The maximum atomic E-state index is 3.54. The van der Waals surface area contributed by atoms with Crippen LogP contribution in [0.3, 0.4) is 0 Å². The zero-order valence-corrected chi connectivity index (χ0v) is 9.27. The van der Waals surface area contributed by atoms with Crippen LogP contribution in [0, 0.1) is 0 Å². The van der Waals surface area contributed by atoms with Crippen molar-refractivity contribution >= 4 is 5.69 Å². The molecule has 0 amide bonds. The summed E-state index contributed by atoms with van der Waals surface area (Å²) in [5, 5.41) is 6.76. The molecule has 1 spiro atoms. The molecule has 80 valence electrons. The van der Waals surface area contributed by atoms with E-state index in [0.29, 0.717) is 5.41 Å². The van der Waals surface area contributed by atoms with Crippen LogP contribution in [0.25, 0.3) is 0 Å². The lowest BCUT2D eigenvalue weighted by Gasteiger charge is -2.38. The molecular weight excluding hydrogens is 184 g/mol. The van der Waals surface area contributed by atoms with Gasteiger partial charge in [0, 0.05) is 24.2 Å². The Balaban J connectivity index is 1.98. The van der Waals surface area contributed by atoms with E-state index in [1.165, 1.54) is 30.5 Å². The highest BCUT2D eigenvalue weighted by Gasteiger charge is 2.43. The highest BCUT2D eigenvalue weighted by Crippen LogP contribution is 2.50. The maximum absolute atomic E-state index is 3.54. The molecule has 1 saturated carbocycles. The van der Waals surface area contributed by atoms with Crippen LogP contribution in [0.15, 0.2) is 18.2 Å². The third-order valence-electron chi connectivity index (χ3n) is 3.96. The summed E-state index contributed by atoms with van der Waals surface area (Å²) < 4.78 is 0. The summed E-state index contributed by atoms with van der Waals surface area (Å²) in [6.45, 7) is 2.13. The predicted molar refractivity (Wildman–Crippen MR) is 63.2 cm³/mol. The molecule has 0 aromatic heterocycles. The number of anilines is 1. The molecular formula is C13H18N2. The molecule has 2 aliphatic rings. The SMILES string of the molecule is CNCc1ccc2c(c1)C1(CCC1)CN2. The van der Waals surface area contributed by atoms with Gasteiger partial charge in [0.2, 0.25) is 0 Å². The van der Waals surface area contributed by atoms with Gasteiger partial charge in [-0.15, -0.1) is 0 Å². The smallest absolute Gasteiger partial charge is 0.0379 e. The van der Waals surface area contributed by atoms with Crippen molar-refractivity contribution in [1.82, 2.24) is 5.32 Å². The Hall–Kier alpha value is -1.02. The molecule has 1 aromatic carbocycles. The van der Waals surface area contributed by atoms with Crippen LogP contribution < -0.4 is 10.6 Å². The maximum Gasteiger partial charge on any atom is 0.0379 e. The Kier molecular flexibility index (Phi) is 1.99. The van der Waals surface area contributed by atoms with E-state index in [0.717, 1.165) is 13.1 Å². The van der Waals surface area contributed by atoms with E-state index >= 15 is 0 Å². The minimum Gasteiger partial charge on any atom is -0.384 e. The van der Waals surface area contributed by atoms with Gasteiger partial charge in [-0.1, -0.05) is 18.6 Å². The molecule has 0 radical (unpaired) electrons. The first kappa shape index (κ1) is 9.22. The summed E-state index contributed by atoms with van der Waals surface area (Å²) in [7, 11) is 2.00. The van der Waals surface area contributed by atoms with Crippen molar-refractivity contribution in [2.45, 2.75) is 31.2 Å². The molecule has 1 aliphatic carbocycles. The van der Waals surface area contributed by atoms with Crippen LogP contribution in [0.5, 0.6) is 0 Å². The number of nitrogens with one attached hydrogen (secondary N) is 2. The molecule has 0 atom stereocenters. The van der Waals surface area contributed by atoms with E-state index in [1.807, 2.05) is 7.05 Å². The molecule has 0 unspecified atom stereocenters. The number of rotatable bonds is 2. The second-order valence-electron chi connectivity index (χ2n) is 4.90. The van der Waals surface area contributed by atoms with Crippen molar-refractivity contribution in [3.05, 3.63) is 29.3 Å². The van der Waals surface area contributed by atoms with Crippen molar-refractivity contribution in [2.24, 2.45) is 0 Å². The van der Waals surface area contributed by atoms with Gasteiger partial charge in [-0.2, -0.15) is 0 Å². The lowest BCUT2D eigenvalue weighted by Crippen LogP contribution is -2.36. The van der Waals surface area contributed by atoms with Gasteiger partial charge in [0.1, 0.15) is 0 Å². The fourth-order valence-corrected chi connectivity index (χ4v) is 2.91. The van der Waals surface area contributed by atoms with Crippen molar-refractivity contribution in [3.8, 4) is 0 Å². The second kappa shape index (κ2) is 3.24. The highest BCUT2D eigenvalue weighted by molar-refractivity contribution is 5.62. The molecule has 2 heteroatoms. The molecule has 1 aliphatic heterocycles. The van der Waals surface area contributed by atoms with E-state index in [2.05, 4.69) is 28.8 Å². The molecule has 1 heterocycles. The Morgan fingerprint density at radius 3 is 2.93 bits per heavy atom. The highest BCUT2D eigenvalue weighted by atomic mass is 14.9. The van der Waals surface area contributed by atoms with Gasteiger partial charge in [0.15, 0.2) is 0 Å². The molecule has 3 rings (SSSR count). The van der Waals surface area contributed by atoms with Gasteiger partial charge < -0.3 is 10.6 Å². The topological polar surface area (TPSA) is 24.1 Å². The first-order valence-corrected chi connectivity index (χ1v) is 5.86. The zero-order chi connectivity index (χ0) is 10.3. The van der Waals surface area contributed by atoms with Crippen molar-refractivity contribution in [3.63, 3.8) is 0 Å². The van der Waals surface area contributed by atoms with Gasteiger partial charge in [-0.25, -0.2) is 0 Å². The van der Waals surface area contributed by atoms with Gasteiger partial charge in [0.25, 0.3) is 0 Å². The van der Waals surface area contributed by atoms with Gasteiger partial charge >= 0.3 is 0 Å². The third kappa shape index (κ3) is 1.28. The van der Waals surface area contributed by atoms with Crippen molar-refractivity contribution in [1.29, 1.82) is 0 Å². The van der Waals surface area contributed by atoms with Gasteiger partial charge in [0.05, 0.1) is 0 Å². The molecule has 2 N–H and O–H groups in total. The first-order chi connectivity index (χ1) is 7.34. The van der Waals surface area contributed by atoms with Gasteiger partial charge in [-0.05, 0) is 37.1 Å². The average Bonchev–Trinajstić information content (AvgIpc) is 2.56. The molecule has 2 nitrogen and oxygen atoms in total. The van der Waals surface area contributed by atoms with Crippen LogP contribution in [0.4, 0.5) is 5.69 Å². The van der Waals surface area contributed by atoms with Crippen molar-refractivity contribution in [2.75, 3.05) is 18.9 Å². The van der Waals surface area contributed by atoms with Gasteiger partial charge in [-0.3, -0.25) is 0 Å². The summed E-state index contributed by atoms with van der Waals surface area (Å²) >= 11 is 0. The number of benzene rings is 1. The van der Waals surface area contributed by atoms with E-state index in [1.54, 1.807) is 5.56 Å². The van der Waals surface area contributed by atoms with Crippen LogP contribution in [0.1, 0.15) is 30.4 Å². The second-order valence-corrected chi connectivity index (χ2v) is 4.90. The predicted octanol–water partition coefficient (Wildman–Crippen LogP) is 2.25. The average molecular weight is 202 g/mol. The summed E-state index contributed by atoms with van der Waals surface area (Å²) in [6.07, 6.45) is 4.14. The van der Waals surface area contributed by atoms with Crippen LogP contribution in [-0.2, 0) is 12.0 Å². The summed E-state index contributed by atoms with van der Waals surface area (Å²) in [5.41, 5.74) is 4.85. The Bertz CT molecular complexity index is 380. The Morgan fingerprint density at radius 1 is 1.40 bits per heavy atom. The molecule has 1 fully saturated rings. The zero-order valence-electron chi connectivity index (χ0n) is 9.27. The molecule has 15 heavy (non-hydrogen) atoms. The monoisotopic (exact) mass is 202 g/mol. The number of hydrogen-bond donors (Lipinski definition) is 2. The number of hydrogen-bond acceptors (Lipinski definition) is 2. The van der Waals surface area contributed by atoms with E-state index in [4.69, 9.17) is 0 Å². The summed E-state index contributed by atoms with van der Waals surface area (Å²) in [5.74, 6) is 0. The van der Waals surface area contributed by atoms with E-state index in [-0.39, 0.29) is 0 Å². The normalized spacial score (nSPS) is 20.9. The Labute approximate surface area is 91.1 Å².